The van der Waals surface area contributed by atoms with Crippen LogP contribution in [0.2, 0.25) is 117 Å². The minimum atomic E-state index is -3.45. The number of hydrogen-bond acceptors (Lipinski definition) is 6. The Bertz CT molecular complexity index is 3060. The summed E-state index contributed by atoms with van der Waals surface area (Å²) in [6.45, 7) is 33.8. The number of hydrogen-bond donors (Lipinski definition) is 0. The Hall–Kier alpha value is -6.42. The van der Waals surface area contributed by atoms with E-state index in [4.69, 9.17) is 37.5 Å². The molecule has 0 spiro atoms. The van der Waals surface area contributed by atoms with Gasteiger partial charge in [0, 0.05) is 71.0 Å². The van der Waals surface area contributed by atoms with Crippen molar-refractivity contribution in [1.29, 1.82) is 0 Å². The summed E-state index contributed by atoms with van der Waals surface area (Å²) in [6, 6.07) is 1.40. The van der Waals surface area contributed by atoms with E-state index in [1.165, 1.54) is 0 Å². The van der Waals surface area contributed by atoms with Gasteiger partial charge in [0.2, 0.25) is 0 Å². The van der Waals surface area contributed by atoms with Crippen molar-refractivity contribution in [1.82, 2.24) is 0 Å². The summed E-state index contributed by atoms with van der Waals surface area (Å²) in [6.07, 6.45) is 10.4. The molecule has 0 bridgehead atoms. The van der Waals surface area contributed by atoms with Crippen molar-refractivity contribution in [3.63, 3.8) is 0 Å². The largest absolute Gasteiger partial charge is 0.456 e. The van der Waals surface area contributed by atoms with Gasteiger partial charge in [-0.1, -0.05) is 70.5 Å². The minimum Gasteiger partial charge on any atom is -0.456 e. The van der Waals surface area contributed by atoms with Crippen molar-refractivity contribution in [3.05, 3.63) is 0 Å². The summed E-state index contributed by atoms with van der Waals surface area (Å²) in [5, 5.41) is 0. The van der Waals surface area contributed by atoms with Crippen LogP contribution in [0, 0.1) is 213 Å². The first-order valence-corrected chi connectivity index (χ1v) is 44.0. The van der Waals surface area contributed by atoms with Crippen LogP contribution in [0.25, 0.3) is 0 Å². The van der Waals surface area contributed by atoms with Gasteiger partial charge in [-0.25, -0.2) is 0 Å². The van der Waals surface area contributed by atoms with E-state index in [0.29, 0.717) is 6.04 Å². The molecule has 3 atom stereocenters. The first-order chi connectivity index (χ1) is 31.6. The van der Waals surface area contributed by atoms with Crippen molar-refractivity contribution >= 4 is 67.5 Å². The lowest BCUT2D eigenvalue weighted by Gasteiger charge is -2.43. The predicted molar refractivity (Wildman–Crippen MR) is 352 cm³/mol. The van der Waals surface area contributed by atoms with Gasteiger partial charge in [-0.05, 0) is 235 Å². The molecule has 14 heteroatoms. The highest BCUT2D eigenvalue weighted by Crippen LogP contribution is 2.33. The third-order valence-corrected chi connectivity index (χ3v) is 34.0. The van der Waals surface area contributed by atoms with Crippen molar-refractivity contribution in [2.45, 2.75) is 176 Å². The van der Waals surface area contributed by atoms with Crippen LogP contribution >= 0.6 is 0 Å². The van der Waals surface area contributed by atoms with E-state index in [1.807, 2.05) is 32.7 Å². The van der Waals surface area contributed by atoms with Gasteiger partial charge in [0.05, 0.1) is 0 Å². The molecule has 0 heterocycles. The lowest BCUT2D eigenvalue weighted by molar-refractivity contribution is 0.286. The van der Waals surface area contributed by atoms with Crippen LogP contribution in [0.4, 0.5) is 0 Å². The standard InChI is InChI=1S/C54H54O6Si8.8CH4/c1-19-21-23-25-26-27-28-29-30-31-32-33-34-35-36-37-38-39-40-41-42-43-44-45-46-47-48-50-52-67(17,58-65(14,15)56-62(6,7)8)60-68(18,54-53-64(12,13)55-61(3,4)5)59-66(16,57-63(9,10)11)51-49-24-22-20-2;;;;;;;;/h1-2H,53-54H2,3-18H3;8*1H4. The Balaban J connectivity index is -0.000000802. The Morgan fingerprint density at radius 2 is 0.474 bits per heavy atom. The van der Waals surface area contributed by atoms with E-state index >= 15 is 0 Å². The van der Waals surface area contributed by atoms with Gasteiger partial charge in [-0.2, -0.15) is 0 Å². The lowest BCUT2D eigenvalue weighted by Crippen LogP contribution is -2.62. The fourth-order valence-corrected chi connectivity index (χ4v) is 42.0. The SMILES string of the molecule is C.C.C.C.C.C.C.C.C#CC#CC#CC#CC#CC#CC#CC#CC#CC#CC#CC#CC#CC#CC#C[Si](C)(O[Si](C)(C)O[Si](C)(C)C)O[Si](C)(CC[Si](C)(C)O[Si](C)(C)C)O[Si](C)(C#CC#CC#C)O[Si](C)(C)C. The predicted octanol–water partition coefficient (Wildman–Crippen LogP) is 12.2. The molecule has 76 heavy (non-hydrogen) atoms. The van der Waals surface area contributed by atoms with Crippen LogP contribution < -0.4 is 0 Å². The van der Waals surface area contributed by atoms with Crippen LogP contribution in [0.5, 0.6) is 0 Å². The Labute approximate surface area is 478 Å². The molecule has 0 aliphatic carbocycles. The fourth-order valence-electron chi connectivity index (χ4n) is 5.48. The minimum absolute atomic E-state index is 0. The van der Waals surface area contributed by atoms with Crippen molar-refractivity contribution in [2.75, 3.05) is 0 Å². The molecule has 0 aliphatic heterocycles. The van der Waals surface area contributed by atoms with Crippen LogP contribution in [-0.2, 0) is 24.7 Å². The highest BCUT2D eigenvalue weighted by molar-refractivity contribution is 6.96. The molecule has 0 aromatic carbocycles. The number of terminal acetylenes is 2. The zero-order valence-electron chi connectivity index (χ0n) is 42.0. The zero-order valence-corrected chi connectivity index (χ0v) is 50.0. The van der Waals surface area contributed by atoms with Crippen LogP contribution in [0.1, 0.15) is 59.4 Å². The molecule has 0 aromatic rings. The maximum Gasteiger partial charge on any atom is 0.404 e. The summed E-state index contributed by atoms with van der Waals surface area (Å²) in [5.74, 6) is 81.9. The van der Waals surface area contributed by atoms with Crippen molar-refractivity contribution in [2.24, 2.45) is 0 Å². The monoisotopic (exact) mass is 1150 g/mol. The lowest BCUT2D eigenvalue weighted by atomic mass is 10.4. The van der Waals surface area contributed by atoms with Gasteiger partial charge in [0.1, 0.15) is 0 Å². The summed E-state index contributed by atoms with van der Waals surface area (Å²) >= 11 is 0. The average Bonchev–Trinajstić information content (AvgIpc) is 3.17. The first kappa shape index (κ1) is 89.2. The molecule has 0 saturated carbocycles. The van der Waals surface area contributed by atoms with Crippen LogP contribution in [0.3, 0.4) is 0 Å². The molecular weight excluding hydrogens is 1070 g/mol. The topological polar surface area (TPSA) is 55.4 Å². The Morgan fingerprint density at radius 3 is 0.724 bits per heavy atom. The fraction of sp³-hybridized carbons (Fsp3) is 0.419. The molecule has 3 unspecified atom stereocenters. The number of rotatable bonds is 15. The van der Waals surface area contributed by atoms with Gasteiger partial charge in [-0.15, -0.1) is 12.8 Å². The second kappa shape index (κ2) is 44.8. The maximum absolute atomic E-state index is 7.25. The molecule has 6 nitrogen and oxygen atoms in total. The second-order valence-corrected chi connectivity index (χ2v) is 49.4. The average molecular weight is 1150 g/mol. The molecule has 0 amide bonds. The molecule has 0 rings (SSSR count). The third kappa shape index (κ3) is 53.9. The van der Waals surface area contributed by atoms with Gasteiger partial charge in [0.25, 0.3) is 0 Å². The normalized spacial score (nSPS) is 10.7. The van der Waals surface area contributed by atoms with E-state index in [1.54, 1.807) is 0 Å². The maximum atomic E-state index is 7.25. The van der Waals surface area contributed by atoms with E-state index in [0.717, 1.165) is 6.04 Å². The molecule has 0 fully saturated rings. The molecular formula is C62H86O6Si8. The summed E-state index contributed by atoms with van der Waals surface area (Å²) in [7, 11) is -20.9. The quantitative estimate of drug-likeness (QED) is 0.120. The highest BCUT2D eigenvalue weighted by Gasteiger charge is 2.52. The third-order valence-electron chi connectivity index (χ3n) is 6.55. The van der Waals surface area contributed by atoms with Gasteiger partial charge in [-0.3, -0.25) is 0 Å². The molecule has 0 saturated heterocycles. The summed E-state index contributed by atoms with van der Waals surface area (Å²) in [5.41, 5.74) is 6.54. The van der Waals surface area contributed by atoms with Gasteiger partial charge < -0.3 is 24.7 Å². The molecule has 402 valence electrons. The highest BCUT2D eigenvalue weighted by atomic mass is 28.5. The molecule has 0 radical (unpaired) electrons. The second-order valence-electron chi connectivity index (χ2n) is 17.9. The van der Waals surface area contributed by atoms with E-state index in [2.05, 4.69) is 273 Å². The smallest absolute Gasteiger partial charge is 0.404 e. The first-order valence-electron chi connectivity index (χ1n) is 20.7. The van der Waals surface area contributed by atoms with Crippen molar-refractivity contribution in [3.8, 4) is 213 Å². The molecule has 0 N–H and O–H groups in total. The Morgan fingerprint density at radius 1 is 0.250 bits per heavy atom. The van der Waals surface area contributed by atoms with E-state index in [9.17, 15) is 0 Å². The van der Waals surface area contributed by atoms with Gasteiger partial charge >= 0.3 is 34.2 Å². The summed E-state index contributed by atoms with van der Waals surface area (Å²) < 4.78 is 41.5. The molecule has 0 aromatic heterocycles. The van der Waals surface area contributed by atoms with Gasteiger partial charge in [0.15, 0.2) is 33.3 Å². The summed E-state index contributed by atoms with van der Waals surface area (Å²) in [4.78, 5) is 0. The zero-order chi connectivity index (χ0) is 51.7. The van der Waals surface area contributed by atoms with Crippen LogP contribution in [0.15, 0.2) is 0 Å². The molecule has 0 aliphatic rings. The van der Waals surface area contributed by atoms with E-state index < -0.39 is 67.5 Å². The van der Waals surface area contributed by atoms with Crippen LogP contribution in [-0.4, -0.2) is 67.5 Å². The van der Waals surface area contributed by atoms with E-state index in [-0.39, 0.29) is 59.4 Å². The Kier molecular flexibility index (Phi) is 52.6. The van der Waals surface area contributed by atoms with Crippen molar-refractivity contribution < 1.29 is 24.7 Å².